The van der Waals surface area contributed by atoms with Crippen molar-refractivity contribution in [2.45, 2.75) is 66.1 Å². The molecule has 1 saturated heterocycles. The zero-order valence-electron chi connectivity index (χ0n) is 14.0. The summed E-state index contributed by atoms with van der Waals surface area (Å²) in [7, 11) is 0. The van der Waals surface area contributed by atoms with Gasteiger partial charge in [-0.2, -0.15) is 5.10 Å². The monoisotopic (exact) mass is 287 g/mol. The van der Waals surface area contributed by atoms with Crippen LogP contribution in [0.4, 0.5) is 0 Å². The van der Waals surface area contributed by atoms with Gasteiger partial charge in [-0.15, -0.1) is 6.58 Å². The van der Waals surface area contributed by atoms with Crippen molar-refractivity contribution in [3.63, 3.8) is 0 Å². The molecular formula is C18H29N3. The molecule has 2 heterocycles. The Kier molecular flexibility index (Phi) is 3.52. The Hall–Kier alpha value is -1.09. The molecular weight excluding hydrogens is 258 g/mol. The molecule has 2 fully saturated rings. The smallest absolute Gasteiger partial charge is 0.0638 e. The summed E-state index contributed by atoms with van der Waals surface area (Å²) < 4.78 is 2.01. The molecule has 0 aromatic carbocycles. The van der Waals surface area contributed by atoms with Crippen LogP contribution in [0.5, 0.6) is 0 Å². The van der Waals surface area contributed by atoms with Gasteiger partial charge in [-0.1, -0.05) is 26.8 Å². The molecule has 0 radical (unpaired) electrons. The molecule has 21 heavy (non-hydrogen) atoms. The lowest BCUT2D eigenvalue weighted by atomic mass is 9.65. The van der Waals surface area contributed by atoms with E-state index in [0.29, 0.717) is 10.8 Å². The highest BCUT2D eigenvalue weighted by atomic mass is 15.3. The van der Waals surface area contributed by atoms with Gasteiger partial charge in [0.05, 0.1) is 12.2 Å². The van der Waals surface area contributed by atoms with Gasteiger partial charge in [-0.25, -0.2) is 0 Å². The Morgan fingerprint density at radius 3 is 2.86 bits per heavy atom. The van der Waals surface area contributed by atoms with Crippen molar-refractivity contribution in [1.82, 2.24) is 14.7 Å². The zero-order valence-corrected chi connectivity index (χ0v) is 14.0. The van der Waals surface area contributed by atoms with E-state index < -0.39 is 0 Å². The molecule has 2 bridgehead atoms. The van der Waals surface area contributed by atoms with Crippen LogP contribution in [0, 0.1) is 17.8 Å². The van der Waals surface area contributed by atoms with E-state index in [4.69, 9.17) is 0 Å². The fraction of sp³-hybridized carbons (Fsp3) is 0.722. The molecule has 3 heteroatoms. The second-order valence-electron chi connectivity index (χ2n) is 8.37. The number of fused-ring (bicyclic) bond motifs is 2. The highest BCUT2D eigenvalue weighted by Crippen LogP contribution is 2.52. The standard InChI is InChI=1S/C18H29N3/c1-6-7-21-11-15(14(2)19-21)10-20-13-18(5)9-16(20)8-17(3,4)12-18/h6,11,16H,1,7-10,12-13H2,2-5H3/t16-,18-/m1/s1. The van der Waals surface area contributed by atoms with Crippen molar-refractivity contribution in [3.8, 4) is 0 Å². The number of aryl methyl sites for hydroxylation is 1. The molecule has 0 N–H and O–H groups in total. The first kappa shape index (κ1) is 14.8. The van der Waals surface area contributed by atoms with Gasteiger partial charge in [-0.05, 0) is 37.0 Å². The van der Waals surface area contributed by atoms with Crippen LogP contribution in [0.25, 0.3) is 0 Å². The molecule has 1 aromatic rings. The van der Waals surface area contributed by atoms with E-state index in [0.717, 1.165) is 19.1 Å². The second kappa shape index (κ2) is 4.98. The van der Waals surface area contributed by atoms with Gasteiger partial charge < -0.3 is 0 Å². The number of aromatic nitrogens is 2. The summed E-state index contributed by atoms with van der Waals surface area (Å²) in [6, 6.07) is 0.751. The lowest BCUT2D eigenvalue weighted by molar-refractivity contribution is 0.126. The van der Waals surface area contributed by atoms with Gasteiger partial charge in [-0.3, -0.25) is 9.58 Å². The maximum absolute atomic E-state index is 4.59. The van der Waals surface area contributed by atoms with Gasteiger partial charge in [0.25, 0.3) is 0 Å². The Labute approximate surface area is 129 Å². The highest BCUT2D eigenvalue weighted by molar-refractivity contribution is 5.17. The molecule has 1 aromatic heterocycles. The summed E-state index contributed by atoms with van der Waals surface area (Å²) in [6.07, 6.45) is 8.18. The first-order valence-corrected chi connectivity index (χ1v) is 8.18. The van der Waals surface area contributed by atoms with E-state index in [-0.39, 0.29) is 0 Å². The van der Waals surface area contributed by atoms with Crippen molar-refractivity contribution in [2.75, 3.05) is 6.54 Å². The number of likely N-dealkylation sites (tertiary alicyclic amines) is 1. The molecule has 1 aliphatic carbocycles. The van der Waals surface area contributed by atoms with E-state index >= 15 is 0 Å². The molecule has 1 saturated carbocycles. The first-order chi connectivity index (χ1) is 9.80. The van der Waals surface area contributed by atoms with Crippen LogP contribution in [-0.4, -0.2) is 27.3 Å². The predicted octanol–water partition coefficient (Wildman–Crippen LogP) is 3.78. The fourth-order valence-corrected chi connectivity index (χ4v) is 4.92. The number of hydrogen-bond donors (Lipinski definition) is 0. The summed E-state index contributed by atoms with van der Waals surface area (Å²) >= 11 is 0. The minimum absolute atomic E-state index is 0.495. The topological polar surface area (TPSA) is 21.1 Å². The third-order valence-corrected chi connectivity index (χ3v) is 5.26. The van der Waals surface area contributed by atoms with Crippen LogP contribution in [-0.2, 0) is 13.1 Å². The SMILES string of the molecule is C=CCn1cc(CN2C[C@]3(C)C[C@H]2CC(C)(C)C3)c(C)n1. The number of hydrogen-bond acceptors (Lipinski definition) is 2. The Morgan fingerprint density at radius 2 is 2.14 bits per heavy atom. The van der Waals surface area contributed by atoms with E-state index in [1.54, 1.807) is 0 Å². The maximum Gasteiger partial charge on any atom is 0.0638 e. The van der Waals surface area contributed by atoms with Crippen LogP contribution in [0.3, 0.4) is 0 Å². The second-order valence-corrected chi connectivity index (χ2v) is 8.37. The summed E-state index contributed by atoms with van der Waals surface area (Å²) in [5.41, 5.74) is 3.56. The Balaban J connectivity index is 1.76. The normalized spacial score (nSPS) is 31.5. The quantitative estimate of drug-likeness (QED) is 0.786. The third-order valence-electron chi connectivity index (χ3n) is 5.26. The molecule has 116 valence electrons. The number of nitrogens with zero attached hydrogens (tertiary/aromatic N) is 3. The first-order valence-electron chi connectivity index (χ1n) is 8.18. The van der Waals surface area contributed by atoms with E-state index in [1.165, 1.54) is 37.1 Å². The molecule has 2 atom stereocenters. The van der Waals surface area contributed by atoms with Gasteiger partial charge in [0.15, 0.2) is 0 Å². The summed E-state index contributed by atoms with van der Waals surface area (Å²) in [6.45, 7) is 16.4. The van der Waals surface area contributed by atoms with Crippen LogP contribution in [0.15, 0.2) is 18.9 Å². The molecule has 0 amide bonds. The van der Waals surface area contributed by atoms with E-state index in [1.807, 2.05) is 10.8 Å². The summed E-state index contributed by atoms with van der Waals surface area (Å²) in [5.74, 6) is 0. The molecule has 3 nitrogen and oxygen atoms in total. The minimum Gasteiger partial charge on any atom is -0.295 e. The highest BCUT2D eigenvalue weighted by Gasteiger charge is 2.49. The lowest BCUT2D eigenvalue weighted by Crippen LogP contribution is -2.34. The average Bonchev–Trinajstić information content (AvgIpc) is 2.77. The molecule has 1 aliphatic heterocycles. The Morgan fingerprint density at radius 1 is 1.38 bits per heavy atom. The lowest BCUT2D eigenvalue weighted by Gasteiger charge is -2.39. The molecule has 0 unspecified atom stereocenters. The largest absolute Gasteiger partial charge is 0.295 e. The maximum atomic E-state index is 4.59. The molecule has 3 rings (SSSR count). The minimum atomic E-state index is 0.495. The molecule has 2 aliphatic rings. The van der Waals surface area contributed by atoms with Crippen LogP contribution < -0.4 is 0 Å². The number of allylic oxidation sites excluding steroid dienone is 1. The van der Waals surface area contributed by atoms with Crippen LogP contribution >= 0.6 is 0 Å². The van der Waals surface area contributed by atoms with Gasteiger partial charge in [0.2, 0.25) is 0 Å². The number of rotatable bonds is 4. The third kappa shape index (κ3) is 2.94. The van der Waals surface area contributed by atoms with Gasteiger partial charge >= 0.3 is 0 Å². The predicted molar refractivity (Wildman–Crippen MR) is 87.1 cm³/mol. The van der Waals surface area contributed by atoms with Gasteiger partial charge in [0, 0.05) is 30.9 Å². The van der Waals surface area contributed by atoms with Crippen LogP contribution in [0.1, 0.15) is 51.3 Å². The van der Waals surface area contributed by atoms with Crippen molar-refractivity contribution in [3.05, 3.63) is 30.1 Å². The van der Waals surface area contributed by atoms with Gasteiger partial charge in [0.1, 0.15) is 0 Å². The van der Waals surface area contributed by atoms with E-state index in [9.17, 15) is 0 Å². The van der Waals surface area contributed by atoms with Crippen molar-refractivity contribution >= 4 is 0 Å². The summed E-state index contributed by atoms with van der Waals surface area (Å²) in [5, 5.41) is 4.59. The van der Waals surface area contributed by atoms with Crippen LogP contribution in [0.2, 0.25) is 0 Å². The summed E-state index contributed by atoms with van der Waals surface area (Å²) in [4.78, 5) is 2.71. The van der Waals surface area contributed by atoms with E-state index in [2.05, 4.69) is 50.5 Å². The zero-order chi connectivity index (χ0) is 15.3. The molecule has 0 spiro atoms. The van der Waals surface area contributed by atoms with Crippen molar-refractivity contribution in [1.29, 1.82) is 0 Å². The fourth-order valence-electron chi connectivity index (χ4n) is 4.92. The average molecular weight is 287 g/mol. The van der Waals surface area contributed by atoms with Crippen molar-refractivity contribution in [2.24, 2.45) is 10.8 Å². The van der Waals surface area contributed by atoms with Crippen molar-refractivity contribution < 1.29 is 0 Å². The Bertz CT molecular complexity index is 543.